The van der Waals surface area contributed by atoms with Gasteiger partial charge in [0, 0.05) is 17.5 Å². The molecule has 3 aromatic carbocycles. The van der Waals surface area contributed by atoms with Crippen LogP contribution in [0, 0.1) is 0 Å². The molecule has 1 saturated heterocycles. The van der Waals surface area contributed by atoms with Crippen molar-refractivity contribution in [1.29, 1.82) is 0 Å². The fourth-order valence-corrected chi connectivity index (χ4v) is 3.90. The average Bonchev–Trinajstić information content (AvgIpc) is 3.08. The van der Waals surface area contributed by atoms with E-state index in [4.69, 9.17) is 0 Å². The van der Waals surface area contributed by atoms with Crippen LogP contribution in [0.5, 0.6) is 0 Å². The maximum absolute atomic E-state index is 12.5. The second kappa shape index (κ2) is 8.70. The standard InChI is InChI=1S/C22H18N4O2S/c27-20(24-18-12-6-10-16-9-4-5-11-17(16)18)13-19-21(28)25-22(29-19)26-23-14-15-7-2-1-3-8-15/h1-12,14,19H,13H2,(H,24,27)(H,25,26,28). The van der Waals surface area contributed by atoms with Crippen LogP contribution in [0.3, 0.4) is 0 Å². The number of nitrogens with one attached hydrogen (secondary N) is 2. The lowest BCUT2D eigenvalue weighted by Gasteiger charge is -2.10. The van der Waals surface area contributed by atoms with Crippen molar-refractivity contribution < 1.29 is 9.59 Å². The van der Waals surface area contributed by atoms with Crippen molar-refractivity contribution in [3.05, 3.63) is 78.4 Å². The maximum atomic E-state index is 12.5. The predicted molar refractivity (Wildman–Crippen MR) is 118 cm³/mol. The average molecular weight is 402 g/mol. The number of anilines is 1. The fraction of sp³-hybridized carbons (Fsp3) is 0.0909. The van der Waals surface area contributed by atoms with Gasteiger partial charge in [0.05, 0.1) is 6.21 Å². The largest absolute Gasteiger partial charge is 0.325 e. The molecule has 2 amide bonds. The predicted octanol–water partition coefficient (Wildman–Crippen LogP) is 3.79. The van der Waals surface area contributed by atoms with Crippen LogP contribution in [0.15, 0.2) is 83.0 Å². The first-order chi connectivity index (χ1) is 14.2. The van der Waals surface area contributed by atoms with Crippen molar-refractivity contribution in [3.8, 4) is 0 Å². The normalized spacial score (nSPS) is 17.7. The summed E-state index contributed by atoms with van der Waals surface area (Å²) < 4.78 is 0. The van der Waals surface area contributed by atoms with E-state index in [9.17, 15) is 9.59 Å². The van der Waals surface area contributed by atoms with Gasteiger partial charge in [-0.15, -0.1) is 5.10 Å². The van der Waals surface area contributed by atoms with Crippen molar-refractivity contribution in [3.63, 3.8) is 0 Å². The third-order valence-corrected chi connectivity index (χ3v) is 5.44. The van der Waals surface area contributed by atoms with Crippen molar-refractivity contribution in [2.75, 3.05) is 5.32 Å². The SMILES string of the molecule is O=C(CC1S/C(=N/N=Cc2ccccc2)NC1=O)Nc1cccc2ccccc12. The van der Waals surface area contributed by atoms with E-state index in [1.54, 1.807) is 6.21 Å². The van der Waals surface area contributed by atoms with Gasteiger partial charge in [-0.05, 0) is 17.0 Å². The van der Waals surface area contributed by atoms with Crippen molar-refractivity contribution in [2.24, 2.45) is 10.2 Å². The Morgan fingerprint density at radius 1 is 1.03 bits per heavy atom. The maximum Gasteiger partial charge on any atom is 0.240 e. The fourth-order valence-electron chi connectivity index (χ4n) is 2.98. The number of carbonyl (C=O) groups is 2. The lowest BCUT2D eigenvalue weighted by molar-refractivity contribution is -0.122. The molecule has 2 N–H and O–H groups in total. The Labute approximate surface area is 172 Å². The molecule has 0 spiro atoms. The Morgan fingerprint density at radius 2 is 1.79 bits per heavy atom. The second-order valence-corrected chi connectivity index (χ2v) is 7.63. The van der Waals surface area contributed by atoms with Gasteiger partial charge in [-0.1, -0.05) is 78.5 Å². The molecule has 144 valence electrons. The lowest BCUT2D eigenvalue weighted by Crippen LogP contribution is -2.28. The molecule has 1 fully saturated rings. The van der Waals surface area contributed by atoms with Crippen LogP contribution in [0.25, 0.3) is 10.8 Å². The summed E-state index contributed by atoms with van der Waals surface area (Å²) in [5.74, 6) is -0.459. The van der Waals surface area contributed by atoms with Gasteiger partial charge in [-0.3, -0.25) is 9.59 Å². The monoisotopic (exact) mass is 402 g/mol. The van der Waals surface area contributed by atoms with Crippen molar-refractivity contribution in [1.82, 2.24) is 5.32 Å². The van der Waals surface area contributed by atoms with Crippen LogP contribution >= 0.6 is 11.8 Å². The summed E-state index contributed by atoms with van der Waals surface area (Å²) in [5.41, 5.74) is 1.65. The third kappa shape index (κ3) is 4.70. The molecule has 0 saturated carbocycles. The Balaban J connectivity index is 1.38. The van der Waals surface area contributed by atoms with Gasteiger partial charge in [0.15, 0.2) is 5.17 Å². The molecule has 1 heterocycles. The number of carbonyl (C=O) groups excluding carboxylic acids is 2. The first kappa shape index (κ1) is 18.9. The minimum Gasteiger partial charge on any atom is -0.325 e. The molecule has 0 aliphatic carbocycles. The van der Waals surface area contributed by atoms with E-state index in [-0.39, 0.29) is 18.2 Å². The Kier molecular flexibility index (Phi) is 5.67. The van der Waals surface area contributed by atoms with E-state index in [1.165, 1.54) is 11.8 Å². The summed E-state index contributed by atoms with van der Waals surface area (Å²) in [4.78, 5) is 24.7. The summed E-state index contributed by atoms with van der Waals surface area (Å²) in [5, 5.41) is 15.5. The molecular weight excluding hydrogens is 384 g/mol. The van der Waals surface area contributed by atoms with Crippen LogP contribution in [0.1, 0.15) is 12.0 Å². The summed E-state index contributed by atoms with van der Waals surface area (Å²) in [7, 11) is 0. The first-order valence-corrected chi connectivity index (χ1v) is 9.98. The third-order valence-electron chi connectivity index (χ3n) is 4.37. The van der Waals surface area contributed by atoms with Gasteiger partial charge in [-0.25, -0.2) is 0 Å². The first-order valence-electron chi connectivity index (χ1n) is 9.10. The highest BCUT2D eigenvalue weighted by Crippen LogP contribution is 2.26. The number of hydrogen-bond donors (Lipinski definition) is 2. The van der Waals surface area contributed by atoms with Crippen molar-refractivity contribution >= 4 is 51.4 Å². The molecular formula is C22H18N4O2S. The smallest absolute Gasteiger partial charge is 0.240 e. The van der Waals surface area contributed by atoms with E-state index in [2.05, 4.69) is 20.8 Å². The molecule has 1 aliphatic rings. The number of hydrogen-bond acceptors (Lipinski definition) is 5. The molecule has 29 heavy (non-hydrogen) atoms. The number of rotatable bonds is 5. The summed E-state index contributed by atoms with van der Waals surface area (Å²) >= 11 is 1.21. The van der Waals surface area contributed by atoms with Crippen LogP contribution in [0.2, 0.25) is 0 Å². The van der Waals surface area contributed by atoms with Gasteiger partial charge in [0.2, 0.25) is 11.8 Å². The van der Waals surface area contributed by atoms with E-state index < -0.39 is 5.25 Å². The number of thioether (sulfide) groups is 1. The zero-order valence-corrected chi connectivity index (χ0v) is 16.2. The van der Waals surface area contributed by atoms with Gasteiger partial charge in [0.25, 0.3) is 0 Å². The van der Waals surface area contributed by atoms with Crippen LogP contribution in [-0.4, -0.2) is 28.4 Å². The topological polar surface area (TPSA) is 82.9 Å². The lowest BCUT2D eigenvalue weighted by atomic mass is 10.1. The zero-order chi connectivity index (χ0) is 20.1. The number of amidine groups is 1. The van der Waals surface area contributed by atoms with Crippen LogP contribution < -0.4 is 10.6 Å². The highest BCUT2D eigenvalue weighted by molar-refractivity contribution is 8.15. The molecule has 0 radical (unpaired) electrons. The highest BCUT2D eigenvalue weighted by Gasteiger charge is 2.32. The minimum atomic E-state index is -0.532. The highest BCUT2D eigenvalue weighted by atomic mass is 32.2. The van der Waals surface area contributed by atoms with Crippen LogP contribution in [0.4, 0.5) is 5.69 Å². The molecule has 0 aromatic heterocycles. The van der Waals surface area contributed by atoms with Gasteiger partial charge in [0.1, 0.15) is 5.25 Å². The molecule has 1 unspecified atom stereocenters. The second-order valence-electron chi connectivity index (χ2n) is 6.44. The van der Waals surface area contributed by atoms with Gasteiger partial charge >= 0.3 is 0 Å². The molecule has 4 rings (SSSR count). The van der Waals surface area contributed by atoms with E-state index in [0.29, 0.717) is 5.17 Å². The molecule has 1 atom stereocenters. The molecule has 6 nitrogen and oxygen atoms in total. The van der Waals surface area contributed by atoms with E-state index in [1.807, 2.05) is 72.8 Å². The van der Waals surface area contributed by atoms with Gasteiger partial charge in [-0.2, -0.15) is 5.10 Å². The van der Waals surface area contributed by atoms with Crippen LogP contribution in [-0.2, 0) is 9.59 Å². The molecule has 3 aromatic rings. The number of nitrogens with zero attached hydrogens (tertiary/aromatic N) is 2. The Morgan fingerprint density at radius 3 is 2.66 bits per heavy atom. The van der Waals surface area contributed by atoms with E-state index in [0.717, 1.165) is 22.0 Å². The minimum absolute atomic E-state index is 0.0567. The number of benzene rings is 3. The molecule has 1 aliphatic heterocycles. The summed E-state index contributed by atoms with van der Waals surface area (Å²) in [6, 6.07) is 23.1. The van der Waals surface area contributed by atoms with E-state index >= 15 is 0 Å². The zero-order valence-electron chi connectivity index (χ0n) is 15.4. The summed E-state index contributed by atoms with van der Waals surface area (Å²) in [6.07, 6.45) is 1.67. The van der Waals surface area contributed by atoms with Gasteiger partial charge < -0.3 is 10.6 Å². The molecule has 7 heteroatoms. The Hall–Kier alpha value is -3.45. The quantitative estimate of drug-likeness (QED) is 0.503. The number of fused-ring (bicyclic) bond motifs is 1. The molecule has 0 bridgehead atoms. The Bertz CT molecular complexity index is 1110. The summed E-state index contributed by atoms with van der Waals surface area (Å²) in [6.45, 7) is 0. The number of amides is 2. The van der Waals surface area contributed by atoms with Crippen molar-refractivity contribution in [2.45, 2.75) is 11.7 Å².